The Kier molecular flexibility index (Phi) is 5.15. The van der Waals surface area contributed by atoms with Gasteiger partial charge in [0.25, 0.3) is 0 Å². The average Bonchev–Trinajstić information content (AvgIpc) is 2.92. The number of anilines is 1. The van der Waals surface area contributed by atoms with Crippen LogP contribution in [0.1, 0.15) is 16.7 Å². The molecule has 2 N–H and O–H groups in total. The van der Waals surface area contributed by atoms with E-state index in [2.05, 4.69) is 16.7 Å². The number of fused-ring (bicyclic) bond motifs is 1. The predicted octanol–water partition coefficient (Wildman–Crippen LogP) is 3.64. The molecule has 0 atom stereocenters. The van der Waals surface area contributed by atoms with Crippen LogP contribution in [-0.2, 0) is 19.5 Å². The van der Waals surface area contributed by atoms with Crippen LogP contribution in [0.3, 0.4) is 0 Å². The SMILES string of the molecule is Cl.Fc1ccc(F)c(CNCc2cccc3c2NCC3)c1. The van der Waals surface area contributed by atoms with Crippen LogP contribution in [-0.4, -0.2) is 6.54 Å². The fourth-order valence-electron chi connectivity index (χ4n) is 2.57. The molecule has 3 rings (SSSR count). The van der Waals surface area contributed by atoms with Crippen molar-refractivity contribution >= 4 is 18.1 Å². The lowest BCUT2D eigenvalue weighted by atomic mass is 10.1. The van der Waals surface area contributed by atoms with Crippen molar-refractivity contribution in [1.82, 2.24) is 5.32 Å². The Morgan fingerprint density at radius 3 is 2.71 bits per heavy atom. The molecule has 0 unspecified atom stereocenters. The zero-order chi connectivity index (χ0) is 13.9. The third-order valence-electron chi connectivity index (χ3n) is 3.57. The van der Waals surface area contributed by atoms with Crippen molar-refractivity contribution in [2.75, 3.05) is 11.9 Å². The second kappa shape index (κ2) is 6.87. The minimum absolute atomic E-state index is 0. The Morgan fingerprint density at radius 2 is 1.86 bits per heavy atom. The number of hydrogen-bond acceptors (Lipinski definition) is 2. The first-order valence-electron chi connectivity index (χ1n) is 6.73. The lowest BCUT2D eigenvalue weighted by Crippen LogP contribution is -2.15. The smallest absolute Gasteiger partial charge is 0.127 e. The first kappa shape index (κ1) is 15.7. The van der Waals surface area contributed by atoms with E-state index in [0.29, 0.717) is 18.7 Å². The van der Waals surface area contributed by atoms with Crippen molar-refractivity contribution in [1.29, 1.82) is 0 Å². The molecule has 0 bridgehead atoms. The Balaban J connectivity index is 0.00000161. The molecule has 5 heteroatoms. The topological polar surface area (TPSA) is 24.1 Å². The summed E-state index contributed by atoms with van der Waals surface area (Å²) >= 11 is 0. The second-order valence-electron chi connectivity index (χ2n) is 4.97. The first-order valence-corrected chi connectivity index (χ1v) is 6.73. The van der Waals surface area contributed by atoms with Gasteiger partial charge in [0.1, 0.15) is 11.6 Å². The van der Waals surface area contributed by atoms with E-state index in [9.17, 15) is 8.78 Å². The minimum Gasteiger partial charge on any atom is -0.384 e. The highest BCUT2D eigenvalue weighted by molar-refractivity contribution is 5.85. The summed E-state index contributed by atoms with van der Waals surface area (Å²) in [6.45, 7) is 1.91. The van der Waals surface area contributed by atoms with Crippen molar-refractivity contribution < 1.29 is 8.78 Å². The Bertz CT molecular complexity index is 632. The molecular weight excluding hydrogens is 294 g/mol. The molecule has 2 aromatic carbocycles. The highest BCUT2D eigenvalue weighted by Gasteiger charge is 2.13. The Hall–Kier alpha value is -1.65. The lowest BCUT2D eigenvalue weighted by Gasteiger charge is -2.10. The average molecular weight is 311 g/mol. The zero-order valence-electron chi connectivity index (χ0n) is 11.5. The van der Waals surface area contributed by atoms with Gasteiger partial charge in [0, 0.05) is 30.9 Å². The van der Waals surface area contributed by atoms with Gasteiger partial charge in [-0.25, -0.2) is 8.78 Å². The van der Waals surface area contributed by atoms with Crippen molar-refractivity contribution in [2.24, 2.45) is 0 Å². The van der Waals surface area contributed by atoms with E-state index < -0.39 is 5.82 Å². The summed E-state index contributed by atoms with van der Waals surface area (Å²) in [5, 5.41) is 6.53. The Labute approximate surface area is 129 Å². The van der Waals surface area contributed by atoms with Crippen LogP contribution in [0.15, 0.2) is 36.4 Å². The van der Waals surface area contributed by atoms with Crippen molar-refractivity contribution in [3.8, 4) is 0 Å². The summed E-state index contributed by atoms with van der Waals surface area (Å²) in [6.07, 6.45) is 1.04. The number of hydrogen-bond donors (Lipinski definition) is 2. The first-order chi connectivity index (χ1) is 9.74. The summed E-state index contributed by atoms with van der Waals surface area (Å²) in [6, 6.07) is 9.72. The normalized spacial score (nSPS) is 12.5. The van der Waals surface area contributed by atoms with Gasteiger partial charge in [0.05, 0.1) is 0 Å². The van der Waals surface area contributed by atoms with Crippen LogP contribution >= 0.6 is 12.4 Å². The summed E-state index contributed by atoms with van der Waals surface area (Å²) in [7, 11) is 0. The van der Waals surface area contributed by atoms with E-state index in [0.717, 1.165) is 30.7 Å². The number of para-hydroxylation sites is 1. The molecule has 0 spiro atoms. The lowest BCUT2D eigenvalue weighted by molar-refractivity contribution is 0.569. The van der Waals surface area contributed by atoms with Gasteiger partial charge in [-0.05, 0) is 35.7 Å². The van der Waals surface area contributed by atoms with Crippen LogP contribution in [0.4, 0.5) is 14.5 Å². The number of benzene rings is 2. The van der Waals surface area contributed by atoms with E-state index in [1.165, 1.54) is 17.3 Å². The van der Waals surface area contributed by atoms with Crippen molar-refractivity contribution in [2.45, 2.75) is 19.5 Å². The molecule has 0 amide bonds. The zero-order valence-corrected chi connectivity index (χ0v) is 12.3. The van der Waals surface area contributed by atoms with Crippen LogP contribution in [0.25, 0.3) is 0 Å². The summed E-state index contributed by atoms with van der Waals surface area (Å²) in [4.78, 5) is 0. The van der Waals surface area contributed by atoms with E-state index in [-0.39, 0.29) is 18.2 Å². The number of nitrogens with one attached hydrogen (secondary N) is 2. The van der Waals surface area contributed by atoms with Gasteiger partial charge in [-0.3, -0.25) is 0 Å². The summed E-state index contributed by atoms with van der Waals surface area (Å²) in [5.74, 6) is -0.791. The van der Waals surface area contributed by atoms with Gasteiger partial charge in [0.15, 0.2) is 0 Å². The molecule has 2 aromatic rings. The molecule has 0 radical (unpaired) electrons. The summed E-state index contributed by atoms with van der Waals surface area (Å²) in [5.41, 5.74) is 4.02. The molecule has 1 aliphatic heterocycles. The molecule has 1 heterocycles. The maximum atomic E-state index is 13.5. The van der Waals surface area contributed by atoms with Gasteiger partial charge in [0.2, 0.25) is 0 Å². The van der Waals surface area contributed by atoms with Gasteiger partial charge < -0.3 is 10.6 Å². The highest BCUT2D eigenvalue weighted by atomic mass is 35.5. The number of halogens is 3. The van der Waals surface area contributed by atoms with Gasteiger partial charge in [-0.1, -0.05) is 18.2 Å². The minimum atomic E-state index is -0.412. The van der Waals surface area contributed by atoms with E-state index >= 15 is 0 Å². The van der Waals surface area contributed by atoms with Gasteiger partial charge in [-0.15, -0.1) is 12.4 Å². The van der Waals surface area contributed by atoms with Crippen LogP contribution in [0.2, 0.25) is 0 Å². The van der Waals surface area contributed by atoms with Gasteiger partial charge >= 0.3 is 0 Å². The molecule has 0 saturated carbocycles. The highest BCUT2D eigenvalue weighted by Crippen LogP contribution is 2.26. The fourth-order valence-corrected chi connectivity index (χ4v) is 2.57. The van der Waals surface area contributed by atoms with Gasteiger partial charge in [-0.2, -0.15) is 0 Å². The van der Waals surface area contributed by atoms with E-state index in [4.69, 9.17) is 0 Å². The van der Waals surface area contributed by atoms with Crippen LogP contribution < -0.4 is 10.6 Å². The quantitative estimate of drug-likeness (QED) is 0.901. The molecule has 0 saturated heterocycles. The van der Waals surface area contributed by atoms with Crippen LogP contribution in [0.5, 0.6) is 0 Å². The standard InChI is InChI=1S/C16H16F2N2.ClH/c17-14-4-5-15(18)13(8-14)10-19-9-12-3-1-2-11-6-7-20-16(11)12;/h1-5,8,19-20H,6-7,9-10H2;1H. The van der Waals surface area contributed by atoms with Crippen molar-refractivity contribution in [3.05, 3.63) is 64.7 Å². The third kappa shape index (κ3) is 3.52. The molecule has 0 aliphatic carbocycles. The van der Waals surface area contributed by atoms with E-state index in [1.54, 1.807) is 0 Å². The molecule has 1 aliphatic rings. The van der Waals surface area contributed by atoms with Crippen LogP contribution in [0, 0.1) is 11.6 Å². The van der Waals surface area contributed by atoms with Crippen molar-refractivity contribution in [3.63, 3.8) is 0 Å². The molecule has 0 aromatic heterocycles. The second-order valence-corrected chi connectivity index (χ2v) is 4.97. The third-order valence-corrected chi connectivity index (χ3v) is 3.57. The molecule has 112 valence electrons. The Morgan fingerprint density at radius 1 is 1.05 bits per heavy atom. The van der Waals surface area contributed by atoms with E-state index in [1.807, 2.05) is 12.1 Å². The summed E-state index contributed by atoms with van der Waals surface area (Å²) < 4.78 is 26.6. The maximum absolute atomic E-state index is 13.5. The monoisotopic (exact) mass is 310 g/mol. The predicted molar refractivity (Wildman–Crippen MR) is 82.8 cm³/mol. The fraction of sp³-hybridized carbons (Fsp3) is 0.250. The molecule has 0 fully saturated rings. The largest absolute Gasteiger partial charge is 0.384 e. The molecule has 2 nitrogen and oxygen atoms in total. The molecule has 21 heavy (non-hydrogen) atoms. The maximum Gasteiger partial charge on any atom is 0.127 e. The molecular formula is C16H17ClF2N2. The number of rotatable bonds is 4.